The quantitative estimate of drug-likeness (QED) is 0.370. The monoisotopic (exact) mass is 474 g/mol. The molecular formula is C27H24F2N4S. The fourth-order valence-corrected chi connectivity index (χ4v) is 5.94. The van der Waals surface area contributed by atoms with E-state index in [-0.39, 0.29) is 17.7 Å². The highest BCUT2D eigenvalue weighted by molar-refractivity contribution is 7.23. The third kappa shape index (κ3) is 4.06. The van der Waals surface area contributed by atoms with Crippen LogP contribution in [-0.4, -0.2) is 36.4 Å². The van der Waals surface area contributed by atoms with Crippen LogP contribution in [0.1, 0.15) is 17.5 Å². The topological polar surface area (TPSA) is 39.7 Å². The standard InChI is InChI=1S/C27H24F2N4S/c28-18-5-3-4-17(14-18)8-10-20-16-33(13-12-30-20)26-25-21-6-1-2-7-24(21)34-27(25)32-23-15-19(29)9-11-22(23)31-26/h1-7,9,11,14-15,20,30,32H,8,10,12-13,16H2/t20-/m0/s1. The Labute approximate surface area is 200 Å². The van der Waals surface area contributed by atoms with Crippen LogP contribution in [0.2, 0.25) is 0 Å². The van der Waals surface area contributed by atoms with E-state index < -0.39 is 0 Å². The summed E-state index contributed by atoms with van der Waals surface area (Å²) < 4.78 is 28.8. The van der Waals surface area contributed by atoms with Gasteiger partial charge in [0, 0.05) is 35.8 Å². The van der Waals surface area contributed by atoms with Gasteiger partial charge in [-0.25, -0.2) is 13.8 Å². The van der Waals surface area contributed by atoms with Crippen molar-refractivity contribution in [2.45, 2.75) is 18.9 Å². The van der Waals surface area contributed by atoms with Crippen LogP contribution in [-0.2, 0) is 6.42 Å². The molecule has 3 aromatic carbocycles. The van der Waals surface area contributed by atoms with E-state index in [9.17, 15) is 8.78 Å². The Hall–Kier alpha value is -3.29. The molecule has 1 fully saturated rings. The summed E-state index contributed by atoms with van der Waals surface area (Å²) in [5, 5.41) is 9.20. The molecule has 7 heteroatoms. The van der Waals surface area contributed by atoms with Crippen molar-refractivity contribution < 1.29 is 8.78 Å². The second kappa shape index (κ2) is 8.81. The molecule has 0 saturated carbocycles. The highest BCUT2D eigenvalue weighted by Crippen LogP contribution is 2.43. The van der Waals surface area contributed by atoms with E-state index in [0.717, 1.165) is 65.5 Å². The molecule has 0 amide bonds. The van der Waals surface area contributed by atoms with Crippen molar-refractivity contribution in [2.75, 3.05) is 25.0 Å². The second-order valence-corrected chi connectivity index (χ2v) is 9.84. The molecule has 0 aliphatic carbocycles. The molecule has 172 valence electrons. The Morgan fingerprint density at radius 1 is 1.00 bits per heavy atom. The van der Waals surface area contributed by atoms with Crippen molar-refractivity contribution in [1.29, 1.82) is 0 Å². The minimum absolute atomic E-state index is 0.192. The number of anilines is 2. The van der Waals surface area contributed by atoms with Crippen LogP contribution in [0.25, 0.3) is 10.1 Å². The lowest BCUT2D eigenvalue weighted by molar-refractivity contribution is 0.282. The van der Waals surface area contributed by atoms with Crippen LogP contribution in [0.15, 0.2) is 71.7 Å². The molecule has 1 atom stereocenters. The van der Waals surface area contributed by atoms with E-state index >= 15 is 0 Å². The molecule has 0 unspecified atom stereocenters. The number of benzene rings is 3. The van der Waals surface area contributed by atoms with Gasteiger partial charge in [0.05, 0.1) is 16.9 Å². The molecule has 0 bridgehead atoms. The molecule has 0 radical (unpaired) electrons. The van der Waals surface area contributed by atoms with Crippen LogP contribution in [0.4, 0.5) is 25.2 Å². The van der Waals surface area contributed by atoms with E-state index in [1.165, 1.54) is 22.9 Å². The first-order valence-electron chi connectivity index (χ1n) is 11.5. The van der Waals surface area contributed by atoms with Gasteiger partial charge in [-0.2, -0.15) is 0 Å². The van der Waals surface area contributed by atoms with E-state index in [2.05, 4.69) is 27.7 Å². The Kier molecular flexibility index (Phi) is 5.51. The zero-order valence-electron chi connectivity index (χ0n) is 18.5. The molecule has 3 heterocycles. The number of aryl methyl sites for hydroxylation is 1. The zero-order valence-corrected chi connectivity index (χ0v) is 19.3. The zero-order chi connectivity index (χ0) is 23.1. The summed E-state index contributed by atoms with van der Waals surface area (Å²) in [5.41, 5.74) is 3.50. The first-order valence-corrected chi connectivity index (χ1v) is 12.4. The third-order valence-electron chi connectivity index (χ3n) is 6.48. The van der Waals surface area contributed by atoms with E-state index in [1.54, 1.807) is 29.5 Å². The molecule has 1 saturated heterocycles. The molecule has 0 spiro atoms. The van der Waals surface area contributed by atoms with Gasteiger partial charge in [0.2, 0.25) is 0 Å². The summed E-state index contributed by atoms with van der Waals surface area (Å²) in [5.74, 6) is 0.442. The number of thiophene rings is 1. The lowest BCUT2D eigenvalue weighted by Gasteiger charge is -2.36. The smallest absolute Gasteiger partial charge is 0.140 e. The van der Waals surface area contributed by atoms with E-state index in [1.807, 2.05) is 18.2 Å². The maximum atomic E-state index is 14.0. The predicted octanol–water partition coefficient (Wildman–Crippen LogP) is 6.22. The van der Waals surface area contributed by atoms with Crippen molar-refractivity contribution in [3.05, 3.63) is 89.5 Å². The molecule has 34 heavy (non-hydrogen) atoms. The maximum Gasteiger partial charge on any atom is 0.140 e. The first-order chi connectivity index (χ1) is 16.6. The fraction of sp³-hybridized carbons (Fsp3) is 0.222. The van der Waals surface area contributed by atoms with Crippen LogP contribution in [0, 0.1) is 11.6 Å². The average molecular weight is 475 g/mol. The highest BCUT2D eigenvalue weighted by Gasteiger charge is 2.29. The summed E-state index contributed by atoms with van der Waals surface area (Å²) in [7, 11) is 0. The minimum Gasteiger partial charge on any atom is -0.353 e. The van der Waals surface area contributed by atoms with Gasteiger partial charge in [0.25, 0.3) is 0 Å². The van der Waals surface area contributed by atoms with Gasteiger partial charge >= 0.3 is 0 Å². The molecule has 4 nitrogen and oxygen atoms in total. The summed E-state index contributed by atoms with van der Waals surface area (Å²) in [6, 6.07) is 20.1. The van der Waals surface area contributed by atoms with Gasteiger partial charge in [0.1, 0.15) is 22.5 Å². The number of fused-ring (bicyclic) bond motifs is 4. The lowest BCUT2D eigenvalue weighted by Crippen LogP contribution is -2.52. The molecule has 2 N–H and O–H groups in total. The van der Waals surface area contributed by atoms with Gasteiger partial charge in [0.15, 0.2) is 0 Å². The summed E-state index contributed by atoms with van der Waals surface area (Å²) in [6.07, 6.45) is 1.72. The minimum atomic E-state index is -0.285. The summed E-state index contributed by atoms with van der Waals surface area (Å²) in [6.45, 7) is 2.47. The van der Waals surface area contributed by atoms with E-state index in [0.29, 0.717) is 5.69 Å². The van der Waals surface area contributed by atoms with Crippen molar-refractivity contribution in [1.82, 2.24) is 10.2 Å². The Morgan fingerprint density at radius 3 is 2.79 bits per heavy atom. The molecule has 6 rings (SSSR count). The second-order valence-electron chi connectivity index (χ2n) is 8.79. The molecule has 2 aliphatic rings. The lowest BCUT2D eigenvalue weighted by atomic mass is 10.0. The van der Waals surface area contributed by atoms with Gasteiger partial charge in [-0.3, -0.25) is 0 Å². The average Bonchev–Trinajstić information content (AvgIpc) is 3.12. The van der Waals surface area contributed by atoms with Crippen molar-refractivity contribution in [2.24, 2.45) is 4.99 Å². The number of amidine groups is 1. The number of halogens is 2. The van der Waals surface area contributed by atoms with Crippen molar-refractivity contribution >= 4 is 43.6 Å². The Morgan fingerprint density at radius 2 is 1.88 bits per heavy atom. The third-order valence-corrected chi connectivity index (χ3v) is 7.56. The maximum absolute atomic E-state index is 14.0. The molecule has 2 aliphatic heterocycles. The van der Waals surface area contributed by atoms with Gasteiger partial charge in [-0.15, -0.1) is 11.3 Å². The number of nitrogens with zero attached hydrogens (tertiary/aromatic N) is 2. The molecule has 1 aromatic heterocycles. The number of piperazine rings is 1. The largest absolute Gasteiger partial charge is 0.353 e. The SMILES string of the molecule is Fc1cccc(CC[C@H]2CN(C3=Nc4ccc(F)cc4Nc4sc5ccccc5c43)CCN2)c1. The number of rotatable bonds is 3. The van der Waals surface area contributed by atoms with Crippen LogP contribution in [0.3, 0.4) is 0 Å². The normalized spacial score (nSPS) is 17.5. The van der Waals surface area contributed by atoms with Gasteiger partial charge < -0.3 is 15.5 Å². The number of nitrogens with one attached hydrogen (secondary N) is 2. The Bertz CT molecular complexity index is 1400. The Balaban J connectivity index is 1.34. The summed E-state index contributed by atoms with van der Waals surface area (Å²) in [4.78, 5) is 7.41. The first kappa shape index (κ1) is 21.3. The van der Waals surface area contributed by atoms with E-state index in [4.69, 9.17) is 4.99 Å². The van der Waals surface area contributed by atoms with Crippen LogP contribution >= 0.6 is 11.3 Å². The van der Waals surface area contributed by atoms with Crippen molar-refractivity contribution in [3.8, 4) is 0 Å². The molecular weight excluding hydrogens is 450 g/mol. The molecule has 4 aromatic rings. The number of hydrogen-bond acceptors (Lipinski definition) is 5. The predicted molar refractivity (Wildman–Crippen MR) is 136 cm³/mol. The highest BCUT2D eigenvalue weighted by atomic mass is 32.1. The van der Waals surface area contributed by atoms with Crippen LogP contribution < -0.4 is 10.6 Å². The fourth-order valence-electron chi connectivity index (χ4n) is 4.83. The van der Waals surface area contributed by atoms with Crippen molar-refractivity contribution in [3.63, 3.8) is 0 Å². The number of hydrogen-bond donors (Lipinski definition) is 2. The van der Waals surface area contributed by atoms with Gasteiger partial charge in [-0.1, -0.05) is 30.3 Å². The van der Waals surface area contributed by atoms with Crippen LogP contribution in [0.5, 0.6) is 0 Å². The number of aliphatic imine (C=N–C) groups is 1. The van der Waals surface area contributed by atoms with Gasteiger partial charge in [-0.05, 0) is 54.8 Å². The summed E-state index contributed by atoms with van der Waals surface area (Å²) >= 11 is 1.67.